The van der Waals surface area contributed by atoms with E-state index in [1.54, 1.807) is 0 Å². The topological polar surface area (TPSA) is 171 Å². The van der Waals surface area contributed by atoms with Gasteiger partial charge in [0.25, 0.3) is 0 Å². The number of hydrogen-bond acceptors (Lipinski definition) is 9. The Labute approximate surface area is 169 Å². The van der Waals surface area contributed by atoms with Crippen LogP contribution in [-0.4, -0.2) is 67.0 Å². The third kappa shape index (κ3) is 3.53. The van der Waals surface area contributed by atoms with Crippen LogP contribution >= 0.6 is 0 Å². The molecule has 2 aromatic carbocycles. The molecule has 1 aromatic heterocycles. The summed E-state index contributed by atoms with van der Waals surface area (Å²) in [5.41, 5.74) is 0.346. The van der Waals surface area contributed by atoms with Crippen LogP contribution in [0.1, 0.15) is 0 Å². The highest BCUT2D eigenvalue weighted by Gasteiger charge is 2.40. The minimum Gasteiger partial charge on any atom is -0.507 e. The van der Waals surface area contributed by atoms with Crippen molar-refractivity contribution in [2.75, 3.05) is 6.61 Å². The van der Waals surface area contributed by atoms with Crippen molar-refractivity contribution in [2.24, 2.45) is 0 Å². The van der Waals surface area contributed by atoms with Crippen molar-refractivity contribution < 1.29 is 49.6 Å². The second-order valence-electron chi connectivity index (χ2n) is 6.89. The van der Waals surface area contributed by atoms with E-state index in [1.807, 2.05) is 0 Å². The summed E-state index contributed by atoms with van der Waals surface area (Å²) >= 11 is 0. The smallest absolute Gasteiger partial charge is 0.402 e. The Balaban J connectivity index is 1.84. The molecule has 10 heteroatoms. The summed E-state index contributed by atoms with van der Waals surface area (Å²) in [7, 11) is 0. The molecule has 1 saturated heterocycles. The van der Waals surface area contributed by atoms with Crippen LogP contribution in [0.4, 0.5) is 0 Å². The number of ether oxygens (including phenoxy) is 2. The molecule has 0 bridgehead atoms. The summed E-state index contributed by atoms with van der Waals surface area (Å²) < 4.78 is 16.7. The molecule has 3 aromatic rings. The molecule has 1 aliphatic heterocycles. The summed E-state index contributed by atoms with van der Waals surface area (Å²) in [5.74, 6) is -1.37. The van der Waals surface area contributed by atoms with Crippen molar-refractivity contribution in [3.8, 4) is 40.1 Å². The Hall–Kier alpha value is -3.31. The van der Waals surface area contributed by atoms with Gasteiger partial charge in [-0.15, -0.1) is 0 Å². The minimum atomic E-state index is -1.58. The summed E-state index contributed by atoms with van der Waals surface area (Å²) in [6.45, 7) is -0.290. The van der Waals surface area contributed by atoms with Gasteiger partial charge in [0, 0.05) is 18.2 Å². The minimum absolute atomic E-state index is 0.0132. The third-order valence-corrected chi connectivity index (χ3v) is 4.75. The van der Waals surface area contributed by atoms with E-state index >= 15 is 0 Å². The van der Waals surface area contributed by atoms with Crippen LogP contribution in [-0.2, 0) is 4.74 Å². The second-order valence-corrected chi connectivity index (χ2v) is 6.89. The van der Waals surface area contributed by atoms with E-state index in [9.17, 15) is 35.7 Å². The zero-order valence-corrected chi connectivity index (χ0v) is 15.3. The van der Waals surface area contributed by atoms with Crippen molar-refractivity contribution in [3.05, 3.63) is 36.4 Å². The van der Waals surface area contributed by atoms with Gasteiger partial charge in [0.15, 0.2) is 11.5 Å². The number of aromatic hydroxyl groups is 4. The molecule has 2 unspecified atom stereocenters. The molecule has 10 nitrogen and oxygen atoms in total. The average Bonchev–Trinajstić information content (AvgIpc) is 2.70. The molecular formula is C20H19O10+. The molecule has 30 heavy (non-hydrogen) atoms. The lowest BCUT2D eigenvalue weighted by Gasteiger charge is -2.34. The lowest BCUT2D eigenvalue weighted by Crippen LogP contribution is -2.54. The van der Waals surface area contributed by atoms with Gasteiger partial charge in [-0.05, 0) is 12.1 Å². The molecular weight excluding hydrogens is 400 g/mol. The van der Waals surface area contributed by atoms with Gasteiger partial charge in [-0.25, -0.2) is 4.42 Å². The van der Waals surface area contributed by atoms with Crippen LogP contribution in [0.3, 0.4) is 0 Å². The van der Waals surface area contributed by atoms with Crippen molar-refractivity contribution >= 4 is 11.0 Å². The van der Waals surface area contributed by atoms with E-state index in [0.29, 0.717) is 0 Å². The maximum Gasteiger partial charge on any atom is 0.402 e. The molecule has 0 aliphatic carbocycles. The number of aliphatic hydroxyl groups excluding tert-OH is 3. The van der Waals surface area contributed by atoms with Crippen LogP contribution in [0, 0.1) is 0 Å². The monoisotopic (exact) mass is 419 g/mol. The quantitative estimate of drug-likeness (QED) is 0.240. The summed E-state index contributed by atoms with van der Waals surface area (Å²) in [5, 5.41) is 69.1. The fourth-order valence-corrected chi connectivity index (χ4v) is 3.15. The lowest BCUT2D eigenvalue weighted by molar-refractivity contribution is -0.242. The van der Waals surface area contributed by atoms with Gasteiger partial charge in [0.05, 0.1) is 18.2 Å². The van der Waals surface area contributed by atoms with Gasteiger partial charge in [-0.2, -0.15) is 0 Å². The van der Waals surface area contributed by atoms with Crippen molar-refractivity contribution in [3.63, 3.8) is 0 Å². The highest BCUT2D eigenvalue weighted by Crippen LogP contribution is 2.41. The number of hydrogen-bond donors (Lipinski definition) is 7. The predicted octanol–water partition coefficient (Wildman–Crippen LogP) is 1.02. The zero-order chi connectivity index (χ0) is 21.6. The Kier molecular flexibility index (Phi) is 5.00. The molecule has 0 radical (unpaired) electrons. The van der Waals surface area contributed by atoms with Crippen molar-refractivity contribution in [1.82, 2.24) is 0 Å². The first-order chi connectivity index (χ1) is 14.2. The first-order valence-electron chi connectivity index (χ1n) is 8.92. The Bertz CT molecular complexity index is 1100. The maximum absolute atomic E-state index is 10.2. The van der Waals surface area contributed by atoms with Gasteiger partial charge in [-0.1, -0.05) is 0 Å². The van der Waals surface area contributed by atoms with E-state index in [4.69, 9.17) is 13.9 Å². The maximum atomic E-state index is 10.2. The standard InChI is InChI=1S/C20H18O10/c21-9-4-12(23)10-6-16(30-20-18(27)17(26)14(25)7-28-20)19(29-15(10)5-9)8-1-2-11(22)13(24)3-8/h1-6,14,17-18,20,25-27H,7H2,(H3-,21,22,23,24)/p+1/t14-,17?,18?,20+/m1/s1. The largest absolute Gasteiger partial charge is 0.507 e. The van der Waals surface area contributed by atoms with Gasteiger partial charge in [0.1, 0.15) is 35.2 Å². The average molecular weight is 419 g/mol. The molecule has 4 atom stereocenters. The molecule has 0 saturated carbocycles. The normalized spacial score (nSPS) is 24.1. The molecule has 158 valence electrons. The van der Waals surface area contributed by atoms with Crippen molar-refractivity contribution in [2.45, 2.75) is 24.6 Å². The highest BCUT2D eigenvalue weighted by molar-refractivity contribution is 5.88. The molecule has 1 fully saturated rings. The number of aliphatic hydroxyl groups is 3. The summed E-state index contributed by atoms with van der Waals surface area (Å²) in [6.07, 6.45) is -5.76. The lowest BCUT2D eigenvalue weighted by atomic mass is 10.1. The number of phenols is 4. The molecule has 1 aliphatic rings. The second kappa shape index (κ2) is 7.50. The fraction of sp³-hybridized carbons (Fsp3) is 0.250. The summed E-state index contributed by atoms with van der Waals surface area (Å²) in [6, 6.07) is 7.56. The number of benzene rings is 2. The zero-order valence-electron chi connectivity index (χ0n) is 15.3. The number of phenolic OH excluding ortho intramolecular Hbond substituents is 4. The van der Waals surface area contributed by atoms with E-state index in [1.165, 1.54) is 30.3 Å². The Morgan fingerprint density at radius 1 is 0.867 bits per heavy atom. The van der Waals surface area contributed by atoms with E-state index in [0.717, 1.165) is 6.07 Å². The molecule has 0 spiro atoms. The van der Waals surface area contributed by atoms with Crippen molar-refractivity contribution in [1.29, 1.82) is 0 Å². The van der Waals surface area contributed by atoms with Gasteiger partial charge in [-0.3, -0.25) is 0 Å². The molecule has 2 heterocycles. The van der Waals surface area contributed by atoms with Gasteiger partial charge < -0.3 is 45.2 Å². The van der Waals surface area contributed by atoms with E-state index in [2.05, 4.69) is 0 Å². The van der Waals surface area contributed by atoms with Gasteiger partial charge >= 0.3 is 11.3 Å². The first-order valence-corrected chi connectivity index (χ1v) is 8.92. The van der Waals surface area contributed by atoms with E-state index < -0.39 is 30.4 Å². The number of rotatable bonds is 3. The summed E-state index contributed by atoms with van der Waals surface area (Å²) in [4.78, 5) is 0. The highest BCUT2D eigenvalue weighted by atomic mass is 16.7. The number of fused-ring (bicyclic) bond motifs is 1. The van der Waals surface area contributed by atoms with Crippen LogP contribution in [0.25, 0.3) is 22.3 Å². The first kappa shape index (κ1) is 20.0. The predicted molar refractivity (Wildman–Crippen MR) is 101 cm³/mol. The Morgan fingerprint density at radius 3 is 2.37 bits per heavy atom. The van der Waals surface area contributed by atoms with Crippen LogP contribution in [0.15, 0.2) is 40.8 Å². The third-order valence-electron chi connectivity index (χ3n) is 4.75. The Morgan fingerprint density at radius 2 is 1.63 bits per heavy atom. The molecule has 0 amide bonds. The van der Waals surface area contributed by atoms with Crippen LogP contribution in [0.2, 0.25) is 0 Å². The fourth-order valence-electron chi connectivity index (χ4n) is 3.15. The van der Waals surface area contributed by atoms with Gasteiger partial charge in [0.2, 0.25) is 12.0 Å². The SMILES string of the molecule is Oc1cc(O)c2cc(O[C@@H]3OC[C@@H](O)C(O)C3O)c(-c3ccc(O)c(O)c3)[o+]c2c1. The van der Waals surface area contributed by atoms with Crippen LogP contribution < -0.4 is 4.74 Å². The van der Waals surface area contributed by atoms with E-state index in [-0.39, 0.29) is 51.9 Å². The van der Waals surface area contributed by atoms with Crippen LogP contribution in [0.5, 0.6) is 28.7 Å². The molecule has 7 N–H and O–H groups in total. The molecule has 4 rings (SSSR count).